The minimum Gasteiger partial charge on any atom is -0.458 e. The first kappa shape index (κ1) is 17.0. The second kappa shape index (κ2) is 5.68. The molecular weight excluding hydrogens is 344 g/mol. The number of rotatable bonds is 2. The summed E-state index contributed by atoms with van der Waals surface area (Å²) >= 11 is 0. The maximum Gasteiger partial charge on any atom is 0.338 e. The summed E-state index contributed by atoms with van der Waals surface area (Å²) in [5, 5.41) is 0. The van der Waals surface area contributed by atoms with Crippen LogP contribution in [0, 0.1) is 17.3 Å². The van der Waals surface area contributed by atoms with Crippen molar-refractivity contribution in [1.82, 2.24) is 0 Å². The van der Waals surface area contributed by atoms with Gasteiger partial charge in [0.25, 0.3) is 0 Å². The van der Waals surface area contributed by atoms with Crippen molar-refractivity contribution in [2.45, 2.75) is 50.4 Å². The van der Waals surface area contributed by atoms with Gasteiger partial charge in [-0.2, -0.15) is 0 Å². The molecule has 0 bridgehead atoms. The van der Waals surface area contributed by atoms with E-state index in [2.05, 4.69) is 13.5 Å². The third kappa shape index (κ3) is 2.48. The predicted molar refractivity (Wildman–Crippen MR) is 96.9 cm³/mol. The van der Waals surface area contributed by atoms with Crippen molar-refractivity contribution in [3.63, 3.8) is 0 Å². The summed E-state index contributed by atoms with van der Waals surface area (Å²) in [5.74, 6) is -0.262. The average molecular weight is 368 g/mol. The fourth-order valence-corrected chi connectivity index (χ4v) is 5.69. The molecule has 0 unspecified atom stereocenters. The van der Waals surface area contributed by atoms with Gasteiger partial charge in [-0.1, -0.05) is 31.7 Å². The Bertz CT molecular complexity index is 811. The molecule has 1 aromatic rings. The van der Waals surface area contributed by atoms with Gasteiger partial charge < -0.3 is 14.2 Å². The van der Waals surface area contributed by atoms with E-state index in [9.17, 15) is 9.59 Å². The molecule has 142 valence electrons. The van der Waals surface area contributed by atoms with Crippen LogP contribution in [-0.4, -0.2) is 36.4 Å². The maximum absolute atomic E-state index is 12.6. The largest absolute Gasteiger partial charge is 0.458 e. The van der Waals surface area contributed by atoms with Gasteiger partial charge in [-0.3, -0.25) is 0 Å². The first-order valence-electron chi connectivity index (χ1n) is 9.73. The highest BCUT2D eigenvalue weighted by Crippen LogP contribution is 2.63. The molecule has 27 heavy (non-hydrogen) atoms. The highest BCUT2D eigenvalue weighted by atomic mass is 16.6. The lowest BCUT2D eigenvalue weighted by atomic mass is 9.53. The molecule has 2 saturated carbocycles. The van der Waals surface area contributed by atoms with Crippen LogP contribution >= 0.6 is 0 Å². The molecule has 4 aliphatic rings. The van der Waals surface area contributed by atoms with E-state index in [4.69, 9.17) is 14.2 Å². The zero-order valence-corrected chi connectivity index (χ0v) is 15.5. The van der Waals surface area contributed by atoms with E-state index in [1.54, 1.807) is 12.1 Å². The number of benzene rings is 1. The van der Waals surface area contributed by atoms with E-state index in [1.165, 1.54) is 0 Å². The molecule has 5 nitrogen and oxygen atoms in total. The highest BCUT2D eigenvalue weighted by molar-refractivity contribution is 5.91. The van der Waals surface area contributed by atoms with E-state index in [-0.39, 0.29) is 41.4 Å². The third-order valence-electron chi connectivity index (χ3n) is 7.26. The fourth-order valence-electron chi connectivity index (χ4n) is 5.69. The second-order valence-electron chi connectivity index (χ2n) is 8.76. The van der Waals surface area contributed by atoms with Crippen molar-refractivity contribution >= 4 is 11.9 Å². The zero-order valence-electron chi connectivity index (χ0n) is 15.5. The lowest BCUT2D eigenvalue weighted by Crippen LogP contribution is -2.56. The topological polar surface area (TPSA) is 65.1 Å². The Morgan fingerprint density at radius 2 is 2.04 bits per heavy atom. The van der Waals surface area contributed by atoms with Crippen LogP contribution in [0.2, 0.25) is 0 Å². The number of carbonyl (C=O) groups excluding carboxylic acids is 2. The van der Waals surface area contributed by atoms with Gasteiger partial charge in [-0.15, -0.1) is 0 Å². The fraction of sp³-hybridized carbons (Fsp3) is 0.545. The maximum atomic E-state index is 12.6. The van der Waals surface area contributed by atoms with Crippen molar-refractivity contribution in [2.75, 3.05) is 6.61 Å². The molecule has 0 N–H and O–H groups in total. The summed E-state index contributed by atoms with van der Waals surface area (Å²) < 4.78 is 17.5. The molecule has 0 radical (unpaired) electrons. The summed E-state index contributed by atoms with van der Waals surface area (Å²) in [6, 6.07) is 9.09. The first-order valence-corrected chi connectivity index (χ1v) is 9.73. The summed E-state index contributed by atoms with van der Waals surface area (Å²) in [6.07, 6.45) is 3.04. The molecule has 4 fully saturated rings. The molecular formula is C22H24O5. The van der Waals surface area contributed by atoms with E-state index in [1.807, 2.05) is 18.2 Å². The number of esters is 2. The summed E-state index contributed by atoms with van der Waals surface area (Å²) in [7, 11) is 0. The smallest absolute Gasteiger partial charge is 0.338 e. The number of epoxide rings is 1. The van der Waals surface area contributed by atoms with E-state index < -0.39 is 5.60 Å². The van der Waals surface area contributed by atoms with Crippen LogP contribution in [0.1, 0.15) is 43.0 Å². The number of carbonyl (C=O) groups is 2. The minimum atomic E-state index is -0.422. The molecule has 0 amide bonds. The molecule has 2 aliphatic heterocycles. The Balaban J connectivity index is 1.39. The molecule has 2 aliphatic carbocycles. The van der Waals surface area contributed by atoms with E-state index >= 15 is 0 Å². The third-order valence-corrected chi connectivity index (χ3v) is 7.26. The van der Waals surface area contributed by atoms with Crippen LogP contribution in [-0.2, 0) is 19.0 Å². The number of fused-ring (bicyclic) bond motifs is 3. The van der Waals surface area contributed by atoms with Crippen molar-refractivity contribution < 1.29 is 23.8 Å². The van der Waals surface area contributed by atoms with Crippen LogP contribution in [0.5, 0.6) is 0 Å². The van der Waals surface area contributed by atoms with Crippen molar-refractivity contribution in [3.05, 3.63) is 48.0 Å². The van der Waals surface area contributed by atoms with Crippen LogP contribution in [0.15, 0.2) is 42.5 Å². The van der Waals surface area contributed by atoms with Gasteiger partial charge in [0.15, 0.2) is 0 Å². The Morgan fingerprint density at radius 1 is 1.30 bits per heavy atom. The van der Waals surface area contributed by atoms with Gasteiger partial charge in [0.05, 0.1) is 12.2 Å². The number of ether oxygens (including phenoxy) is 3. The van der Waals surface area contributed by atoms with Crippen molar-refractivity contribution in [2.24, 2.45) is 17.3 Å². The highest BCUT2D eigenvalue weighted by Gasteiger charge is 2.69. The number of hydrogen-bond donors (Lipinski definition) is 0. The summed E-state index contributed by atoms with van der Waals surface area (Å²) in [4.78, 5) is 24.6. The summed E-state index contributed by atoms with van der Waals surface area (Å²) in [6.45, 7) is 6.83. The van der Waals surface area contributed by atoms with Gasteiger partial charge in [0, 0.05) is 17.4 Å². The van der Waals surface area contributed by atoms with Crippen molar-refractivity contribution in [1.29, 1.82) is 0 Å². The lowest BCUT2D eigenvalue weighted by molar-refractivity contribution is -0.148. The average Bonchev–Trinajstić information content (AvgIpc) is 3.40. The molecule has 5 heteroatoms. The Kier molecular flexibility index (Phi) is 3.57. The zero-order chi connectivity index (χ0) is 18.8. The molecule has 0 aromatic heterocycles. The first-order chi connectivity index (χ1) is 12.9. The summed E-state index contributed by atoms with van der Waals surface area (Å²) in [5.41, 5.74) is 0.752. The Labute approximate surface area is 158 Å². The van der Waals surface area contributed by atoms with Gasteiger partial charge in [-0.25, -0.2) is 9.59 Å². The number of hydrogen-bond acceptors (Lipinski definition) is 5. The predicted octanol–water partition coefficient (Wildman–Crippen LogP) is 3.29. The van der Waals surface area contributed by atoms with Gasteiger partial charge in [0.1, 0.15) is 17.8 Å². The monoisotopic (exact) mass is 368 g/mol. The molecule has 2 saturated heterocycles. The lowest BCUT2D eigenvalue weighted by Gasteiger charge is -2.53. The molecule has 6 atom stereocenters. The quantitative estimate of drug-likeness (QED) is 0.455. The standard InChI is InChI=1S/C22H24O5/c1-13-15-10-17-21(2,11-16(15)26-19(13)23)9-8-18(22(17)12-25-22)27-20(24)14-6-4-3-5-7-14/h3-7,15-18H,1,8-12H2,2H3/t15-,16-,17-,18-,21-,22+/m1/s1. The van der Waals surface area contributed by atoms with E-state index in [0.717, 1.165) is 25.7 Å². The normalized spacial score (nSPS) is 42.3. The van der Waals surface area contributed by atoms with Crippen LogP contribution in [0.4, 0.5) is 0 Å². The van der Waals surface area contributed by atoms with Gasteiger partial charge in [0.2, 0.25) is 0 Å². The van der Waals surface area contributed by atoms with E-state index in [0.29, 0.717) is 17.7 Å². The Morgan fingerprint density at radius 3 is 2.74 bits per heavy atom. The van der Waals surface area contributed by atoms with Gasteiger partial charge >= 0.3 is 11.9 Å². The minimum absolute atomic E-state index is 0.0260. The Hall–Kier alpha value is -2.14. The van der Waals surface area contributed by atoms with Crippen molar-refractivity contribution in [3.8, 4) is 0 Å². The second-order valence-corrected chi connectivity index (χ2v) is 8.76. The molecule has 1 spiro atoms. The molecule has 5 rings (SSSR count). The van der Waals surface area contributed by atoms with Crippen LogP contribution < -0.4 is 0 Å². The van der Waals surface area contributed by atoms with Crippen LogP contribution in [0.3, 0.4) is 0 Å². The van der Waals surface area contributed by atoms with Crippen LogP contribution in [0.25, 0.3) is 0 Å². The molecule has 1 aromatic carbocycles. The molecule has 2 heterocycles. The SMILES string of the molecule is C=C1C(=O)O[C@@H]2C[C@@]3(C)CC[C@@H](OC(=O)c4ccccc4)[C@]4(CO4)[C@@H]3C[C@H]12. The van der Waals surface area contributed by atoms with Gasteiger partial charge in [-0.05, 0) is 43.2 Å².